The lowest BCUT2D eigenvalue weighted by Gasteiger charge is -2.19. The fourth-order valence-electron chi connectivity index (χ4n) is 2.87. The average Bonchev–Trinajstić information content (AvgIpc) is 2.61. The van der Waals surface area contributed by atoms with Crippen molar-refractivity contribution in [3.8, 4) is 5.75 Å². The van der Waals surface area contributed by atoms with Crippen LogP contribution in [0.5, 0.6) is 5.75 Å². The normalized spacial score (nSPS) is 13.0. The van der Waals surface area contributed by atoms with E-state index < -0.39 is 6.10 Å². The quantitative estimate of drug-likeness (QED) is 0.701. The molecule has 2 N–H and O–H groups in total. The third-order valence-corrected chi connectivity index (χ3v) is 4.74. The average molecular weight is 378 g/mol. The minimum atomic E-state index is -0.544. The Balaban J connectivity index is 0.00000338. The maximum Gasteiger partial charge on any atom is 0.122 e. The van der Waals surface area contributed by atoms with Crippen LogP contribution < -0.4 is 10.1 Å². The van der Waals surface area contributed by atoms with Crippen molar-refractivity contribution in [2.24, 2.45) is 0 Å². The van der Waals surface area contributed by atoms with E-state index in [2.05, 4.69) is 70.3 Å². The number of nitrogens with one attached hydrogen (secondary N) is 1. The van der Waals surface area contributed by atoms with Crippen molar-refractivity contribution in [3.05, 3.63) is 64.2 Å². The third kappa shape index (κ3) is 6.31. The standard InChI is InChI=1S/C22H31NO2.ClH/c1-6-19-7-9-20(10-8-19)18(5)23-13-21(24)14-25-22-12-15(2)11-16(3)17(22)4;/h7-12,18,21,23-24H,6,13-14H2,1-5H3;1H. The number of rotatable bonds is 8. The van der Waals surface area contributed by atoms with Crippen LogP contribution in [0, 0.1) is 20.8 Å². The van der Waals surface area contributed by atoms with Gasteiger partial charge < -0.3 is 15.2 Å². The highest BCUT2D eigenvalue weighted by molar-refractivity contribution is 5.85. The van der Waals surface area contributed by atoms with Crippen LogP contribution in [0.1, 0.15) is 47.7 Å². The minimum Gasteiger partial charge on any atom is -0.491 e. The summed E-state index contributed by atoms with van der Waals surface area (Å²) in [7, 11) is 0. The number of hydrogen-bond acceptors (Lipinski definition) is 3. The van der Waals surface area contributed by atoms with Crippen LogP contribution in [-0.4, -0.2) is 24.4 Å². The van der Waals surface area contributed by atoms with E-state index in [9.17, 15) is 5.11 Å². The first kappa shape index (κ1) is 22.5. The first-order valence-electron chi connectivity index (χ1n) is 9.11. The second kappa shape index (κ2) is 10.6. The lowest BCUT2D eigenvalue weighted by molar-refractivity contribution is 0.104. The summed E-state index contributed by atoms with van der Waals surface area (Å²) in [6.45, 7) is 11.3. The number of hydrogen-bond donors (Lipinski definition) is 2. The molecule has 0 saturated carbocycles. The molecule has 2 unspecified atom stereocenters. The summed E-state index contributed by atoms with van der Waals surface area (Å²) in [4.78, 5) is 0. The molecule has 0 radical (unpaired) electrons. The molecule has 3 nitrogen and oxygen atoms in total. The summed E-state index contributed by atoms with van der Waals surface area (Å²) in [6.07, 6.45) is 0.508. The molecular formula is C22H32ClNO2. The Morgan fingerprint density at radius 3 is 2.35 bits per heavy atom. The van der Waals surface area contributed by atoms with Crippen LogP contribution in [-0.2, 0) is 6.42 Å². The van der Waals surface area contributed by atoms with Gasteiger partial charge in [0.2, 0.25) is 0 Å². The Hall–Kier alpha value is -1.55. The maximum absolute atomic E-state index is 10.2. The van der Waals surface area contributed by atoms with Crippen molar-refractivity contribution in [1.29, 1.82) is 0 Å². The molecule has 0 aliphatic carbocycles. The van der Waals surface area contributed by atoms with Gasteiger partial charge in [-0.2, -0.15) is 0 Å². The lowest BCUT2D eigenvalue weighted by Crippen LogP contribution is -2.33. The van der Waals surface area contributed by atoms with Gasteiger partial charge >= 0.3 is 0 Å². The predicted octanol–water partition coefficient (Wildman–Crippen LogP) is 4.69. The van der Waals surface area contributed by atoms with Gasteiger partial charge in [0.05, 0.1) is 0 Å². The van der Waals surface area contributed by atoms with Crippen molar-refractivity contribution in [2.75, 3.05) is 13.2 Å². The third-order valence-electron chi connectivity index (χ3n) is 4.74. The molecule has 2 rings (SSSR count). The summed E-state index contributed by atoms with van der Waals surface area (Å²) >= 11 is 0. The van der Waals surface area contributed by atoms with E-state index in [0.717, 1.165) is 17.7 Å². The Bertz CT molecular complexity index is 685. The van der Waals surface area contributed by atoms with Crippen molar-refractivity contribution >= 4 is 12.4 Å². The number of benzene rings is 2. The van der Waals surface area contributed by atoms with Gasteiger partial charge in [0.15, 0.2) is 0 Å². The van der Waals surface area contributed by atoms with Gasteiger partial charge in [0.25, 0.3) is 0 Å². The van der Waals surface area contributed by atoms with Gasteiger partial charge in [-0.3, -0.25) is 0 Å². The number of aliphatic hydroxyl groups excluding tert-OH is 1. The fourth-order valence-corrected chi connectivity index (χ4v) is 2.87. The van der Waals surface area contributed by atoms with Crippen molar-refractivity contribution in [2.45, 2.75) is 53.2 Å². The van der Waals surface area contributed by atoms with E-state index in [0.29, 0.717) is 6.54 Å². The summed E-state index contributed by atoms with van der Waals surface area (Å²) in [5, 5.41) is 13.6. The fraction of sp³-hybridized carbons (Fsp3) is 0.455. The van der Waals surface area contributed by atoms with E-state index in [-0.39, 0.29) is 25.1 Å². The summed E-state index contributed by atoms with van der Waals surface area (Å²) in [5.74, 6) is 0.861. The monoisotopic (exact) mass is 377 g/mol. The number of aryl methyl sites for hydroxylation is 3. The van der Waals surface area contributed by atoms with Crippen molar-refractivity contribution in [3.63, 3.8) is 0 Å². The molecule has 0 aromatic heterocycles. The molecular weight excluding hydrogens is 346 g/mol. The predicted molar refractivity (Wildman–Crippen MR) is 112 cm³/mol. The van der Waals surface area contributed by atoms with Crippen LogP contribution in [0.25, 0.3) is 0 Å². The van der Waals surface area contributed by atoms with E-state index in [1.165, 1.54) is 22.3 Å². The van der Waals surface area contributed by atoms with Crippen molar-refractivity contribution in [1.82, 2.24) is 5.32 Å². The number of halogens is 1. The Labute approximate surface area is 164 Å². The number of ether oxygens (including phenoxy) is 1. The first-order chi connectivity index (χ1) is 11.9. The molecule has 4 heteroatoms. The zero-order chi connectivity index (χ0) is 18.4. The van der Waals surface area contributed by atoms with Crippen molar-refractivity contribution < 1.29 is 9.84 Å². The molecule has 0 spiro atoms. The molecule has 26 heavy (non-hydrogen) atoms. The van der Waals surface area contributed by atoms with E-state index in [1.54, 1.807) is 0 Å². The molecule has 2 atom stereocenters. The van der Waals surface area contributed by atoms with E-state index >= 15 is 0 Å². The molecule has 0 amide bonds. The van der Waals surface area contributed by atoms with E-state index in [4.69, 9.17) is 4.74 Å². The molecule has 0 aliphatic heterocycles. The van der Waals surface area contributed by atoms with Crippen LogP contribution in [0.2, 0.25) is 0 Å². The zero-order valence-electron chi connectivity index (χ0n) is 16.5. The Kier molecular flexibility index (Phi) is 9.14. The first-order valence-corrected chi connectivity index (χ1v) is 9.11. The second-order valence-corrected chi connectivity index (χ2v) is 6.89. The molecule has 0 fully saturated rings. The summed E-state index contributed by atoms with van der Waals surface area (Å²) in [5.41, 5.74) is 6.10. The van der Waals surface area contributed by atoms with Crippen LogP contribution >= 0.6 is 12.4 Å². The Morgan fingerprint density at radius 1 is 1.08 bits per heavy atom. The van der Waals surface area contributed by atoms with Gasteiger partial charge in [-0.15, -0.1) is 12.4 Å². The largest absolute Gasteiger partial charge is 0.491 e. The summed E-state index contributed by atoms with van der Waals surface area (Å²) < 4.78 is 5.84. The van der Waals surface area contributed by atoms with Gasteiger partial charge in [0.1, 0.15) is 18.5 Å². The lowest BCUT2D eigenvalue weighted by atomic mass is 10.0. The number of aliphatic hydroxyl groups is 1. The topological polar surface area (TPSA) is 41.5 Å². The SMILES string of the molecule is CCc1ccc(C(C)NCC(O)COc2cc(C)cc(C)c2C)cc1.Cl. The molecule has 0 heterocycles. The zero-order valence-corrected chi connectivity index (χ0v) is 17.3. The molecule has 0 aliphatic rings. The van der Waals surface area contributed by atoms with Crippen LogP contribution in [0.4, 0.5) is 0 Å². The Morgan fingerprint density at radius 2 is 1.73 bits per heavy atom. The maximum atomic E-state index is 10.2. The van der Waals surface area contributed by atoms with Gasteiger partial charge in [-0.05, 0) is 68.0 Å². The van der Waals surface area contributed by atoms with Gasteiger partial charge in [0, 0.05) is 12.6 Å². The smallest absolute Gasteiger partial charge is 0.122 e. The highest BCUT2D eigenvalue weighted by Gasteiger charge is 2.11. The van der Waals surface area contributed by atoms with Crippen LogP contribution in [0.15, 0.2) is 36.4 Å². The van der Waals surface area contributed by atoms with E-state index in [1.807, 2.05) is 6.07 Å². The highest BCUT2D eigenvalue weighted by Crippen LogP contribution is 2.23. The minimum absolute atomic E-state index is 0. The van der Waals surface area contributed by atoms with Crippen LogP contribution in [0.3, 0.4) is 0 Å². The van der Waals surface area contributed by atoms with Gasteiger partial charge in [-0.1, -0.05) is 37.3 Å². The molecule has 0 saturated heterocycles. The molecule has 2 aromatic carbocycles. The van der Waals surface area contributed by atoms with Gasteiger partial charge in [-0.25, -0.2) is 0 Å². The second-order valence-electron chi connectivity index (χ2n) is 6.89. The summed E-state index contributed by atoms with van der Waals surface area (Å²) in [6, 6.07) is 13.0. The highest BCUT2D eigenvalue weighted by atomic mass is 35.5. The molecule has 2 aromatic rings. The molecule has 144 valence electrons. The molecule has 0 bridgehead atoms.